The third-order valence-corrected chi connectivity index (χ3v) is 2.53. The van der Waals surface area contributed by atoms with Crippen LogP contribution in [0.15, 0.2) is 24.3 Å². The van der Waals surface area contributed by atoms with Gasteiger partial charge in [-0.25, -0.2) is 0 Å². The third kappa shape index (κ3) is 3.63. The maximum absolute atomic E-state index is 7.72. The van der Waals surface area contributed by atoms with Gasteiger partial charge in [0.2, 0.25) is 0 Å². The second-order valence-electron chi connectivity index (χ2n) is 2.95. The average Bonchev–Trinajstić information content (AvgIpc) is 2.19. The van der Waals surface area contributed by atoms with Crippen LogP contribution in [0.3, 0.4) is 0 Å². The molecule has 76 valence electrons. The van der Waals surface area contributed by atoms with Crippen molar-refractivity contribution in [1.82, 2.24) is 5.32 Å². The van der Waals surface area contributed by atoms with E-state index in [4.69, 9.17) is 11.1 Å². The summed E-state index contributed by atoms with van der Waals surface area (Å²) in [6.07, 6.45) is 0.896. The molecule has 4 N–H and O–H groups in total. The van der Waals surface area contributed by atoms with Gasteiger partial charge in [0.15, 0.2) is 0 Å². The molecule has 1 rings (SSSR count). The highest BCUT2D eigenvalue weighted by molar-refractivity contribution is 14.1. The monoisotopic (exact) mass is 303 g/mol. The molecule has 0 fully saturated rings. The van der Waals surface area contributed by atoms with Crippen LogP contribution in [0.25, 0.3) is 0 Å². The largest absolute Gasteiger partial charge is 0.370 e. The van der Waals surface area contributed by atoms with Crippen molar-refractivity contribution in [2.45, 2.75) is 6.42 Å². The number of rotatable bonds is 4. The minimum atomic E-state index is 0.467. The standard InChI is InChI=1S/C10H14IN3/c11-9-4-2-8(3-5-9)10(13)14-7-1-6-12/h2-5H,1,6-7,12H2,(H2,13,14). The first-order valence-corrected chi connectivity index (χ1v) is 5.60. The third-order valence-electron chi connectivity index (χ3n) is 1.82. The summed E-state index contributed by atoms with van der Waals surface area (Å²) in [7, 11) is 0. The Hall–Kier alpha value is -0.620. The number of nitrogens with one attached hydrogen (secondary N) is 2. The first-order chi connectivity index (χ1) is 6.74. The summed E-state index contributed by atoms with van der Waals surface area (Å²) in [5, 5.41) is 10.7. The maximum Gasteiger partial charge on any atom is 0.125 e. The lowest BCUT2D eigenvalue weighted by Crippen LogP contribution is -2.25. The van der Waals surface area contributed by atoms with Crippen molar-refractivity contribution >= 4 is 28.4 Å². The zero-order chi connectivity index (χ0) is 10.4. The molecule has 0 radical (unpaired) electrons. The Balaban J connectivity index is 2.48. The molecule has 0 bridgehead atoms. The van der Waals surface area contributed by atoms with Crippen molar-refractivity contribution in [3.63, 3.8) is 0 Å². The SMILES string of the molecule is N=C(NCCCN)c1ccc(I)cc1. The Morgan fingerprint density at radius 1 is 1.36 bits per heavy atom. The lowest BCUT2D eigenvalue weighted by Gasteiger charge is -2.06. The summed E-state index contributed by atoms with van der Waals surface area (Å²) in [5.74, 6) is 0.467. The van der Waals surface area contributed by atoms with Crippen LogP contribution in [0.4, 0.5) is 0 Å². The molecule has 4 heteroatoms. The van der Waals surface area contributed by atoms with E-state index in [1.807, 2.05) is 24.3 Å². The maximum atomic E-state index is 7.72. The topological polar surface area (TPSA) is 61.9 Å². The highest BCUT2D eigenvalue weighted by Crippen LogP contribution is 2.06. The molecule has 0 saturated heterocycles. The van der Waals surface area contributed by atoms with Crippen LogP contribution in [-0.2, 0) is 0 Å². The van der Waals surface area contributed by atoms with E-state index in [2.05, 4.69) is 27.9 Å². The minimum absolute atomic E-state index is 0.467. The van der Waals surface area contributed by atoms with Crippen molar-refractivity contribution in [2.75, 3.05) is 13.1 Å². The molecule has 0 amide bonds. The van der Waals surface area contributed by atoms with Crippen LogP contribution < -0.4 is 11.1 Å². The van der Waals surface area contributed by atoms with Crippen LogP contribution in [0.1, 0.15) is 12.0 Å². The molecule has 0 saturated carbocycles. The predicted molar refractivity (Wildman–Crippen MR) is 67.7 cm³/mol. The van der Waals surface area contributed by atoms with Gasteiger partial charge in [-0.1, -0.05) is 12.1 Å². The molecule has 0 heterocycles. The molecule has 3 nitrogen and oxygen atoms in total. The number of nitrogens with two attached hydrogens (primary N) is 1. The summed E-state index contributed by atoms with van der Waals surface area (Å²) in [5.41, 5.74) is 6.28. The fourth-order valence-electron chi connectivity index (χ4n) is 1.03. The minimum Gasteiger partial charge on any atom is -0.370 e. The fraction of sp³-hybridized carbons (Fsp3) is 0.300. The Kier molecular flexibility index (Phi) is 4.89. The van der Waals surface area contributed by atoms with E-state index in [1.165, 1.54) is 3.57 Å². The normalized spacial score (nSPS) is 9.86. The van der Waals surface area contributed by atoms with E-state index in [-0.39, 0.29) is 0 Å². The van der Waals surface area contributed by atoms with Crippen LogP contribution in [0.5, 0.6) is 0 Å². The van der Waals surface area contributed by atoms with E-state index >= 15 is 0 Å². The van der Waals surface area contributed by atoms with Crippen LogP contribution in [-0.4, -0.2) is 18.9 Å². The van der Waals surface area contributed by atoms with Gasteiger partial charge < -0.3 is 11.1 Å². The lowest BCUT2D eigenvalue weighted by atomic mass is 10.2. The number of hydrogen-bond donors (Lipinski definition) is 3. The Labute approximate surface area is 97.7 Å². The molecule has 0 unspecified atom stereocenters. The number of benzene rings is 1. The molecule has 0 atom stereocenters. The summed E-state index contributed by atoms with van der Waals surface area (Å²) >= 11 is 2.25. The predicted octanol–water partition coefficient (Wildman–Crippen LogP) is 1.55. The molecule has 1 aromatic rings. The van der Waals surface area contributed by atoms with Crippen LogP contribution >= 0.6 is 22.6 Å². The van der Waals surface area contributed by atoms with Gasteiger partial charge in [0, 0.05) is 15.7 Å². The van der Waals surface area contributed by atoms with E-state index in [9.17, 15) is 0 Å². The summed E-state index contributed by atoms with van der Waals surface area (Å²) in [6.45, 7) is 1.42. The van der Waals surface area contributed by atoms with Gasteiger partial charge in [-0.05, 0) is 47.7 Å². The van der Waals surface area contributed by atoms with E-state index in [1.54, 1.807) is 0 Å². The van der Waals surface area contributed by atoms with Gasteiger partial charge in [-0.2, -0.15) is 0 Å². The van der Waals surface area contributed by atoms with Gasteiger partial charge in [0.05, 0.1) is 0 Å². The second kappa shape index (κ2) is 5.98. The molecular weight excluding hydrogens is 289 g/mol. The smallest absolute Gasteiger partial charge is 0.125 e. The zero-order valence-corrected chi connectivity index (χ0v) is 10.0. The van der Waals surface area contributed by atoms with Gasteiger partial charge >= 0.3 is 0 Å². The zero-order valence-electron chi connectivity index (χ0n) is 7.89. The summed E-state index contributed by atoms with van der Waals surface area (Å²) in [6, 6.07) is 7.88. The second-order valence-corrected chi connectivity index (χ2v) is 4.20. The highest BCUT2D eigenvalue weighted by Gasteiger charge is 1.98. The van der Waals surface area contributed by atoms with Gasteiger partial charge in [0.1, 0.15) is 5.84 Å². The molecular formula is C10H14IN3. The first kappa shape index (κ1) is 11.5. The molecule has 0 spiro atoms. The summed E-state index contributed by atoms with van der Waals surface area (Å²) in [4.78, 5) is 0. The fourth-order valence-corrected chi connectivity index (χ4v) is 1.39. The molecule has 0 aliphatic rings. The molecule has 0 aliphatic carbocycles. The van der Waals surface area contributed by atoms with Crippen molar-refractivity contribution in [1.29, 1.82) is 5.41 Å². The van der Waals surface area contributed by atoms with Gasteiger partial charge in [0.25, 0.3) is 0 Å². The number of halogens is 1. The van der Waals surface area contributed by atoms with Gasteiger partial charge in [-0.3, -0.25) is 5.41 Å². The van der Waals surface area contributed by atoms with Crippen LogP contribution in [0, 0.1) is 8.98 Å². The van der Waals surface area contributed by atoms with Crippen molar-refractivity contribution < 1.29 is 0 Å². The Bertz CT molecular complexity index is 295. The number of hydrogen-bond acceptors (Lipinski definition) is 2. The lowest BCUT2D eigenvalue weighted by molar-refractivity contribution is 0.781. The first-order valence-electron chi connectivity index (χ1n) is 4.52. The highest BCUT2D eigenvalue weighted by atomic mass is 127. The van der Waals surface area contributed by atoms with E-state index in [0.29, 0.717) is 12.4 Å². The molecule has 0 aliphatic heterocycles. The quantitative estimate of drug-likeness (QED) is 0.342. The Morgan fingerprint density at radius 3 is 2.57 bits per heavy atom. The molecule has 1 aromatic carbocycles. The summed E-state index contributed by atoms with van der Waals surface area (Å²) < 4.78 is 1.18. The average molecular weight is 303 g/mol. The van der Waals surface area contributed by atoms with Crippen molar-refractivity contribution in [3.05, 3.63) is 33.4 Å². The Morgan fingerprint density at radius 2 is 2.00 bits per heavy atom. The number of amidine groups is 1. The molecule has 0 aromatic heterocycles. The van der Waals surface area contributed by atoms with Gasteiger partial charge in [-0.15, -0.1) is 0 Å². The molecule has 14 heavy (non-hydrogen) atoms. The van der Waals surface area contributed by atoms with Crippen LogP contribution in [0.2, 0.25) is 0 Å². The van der Waals surface area contributed by atoms with Crippen molar-refractivity contribution in [2.24, 2.45) is 5.73 Å². The van der Waals surface area contributed by atoms with E-state index < -0.39 is 0 Å². The van der Waals surface area contributed by atoms with Crippen molar-refractivity contribution in [3.8, 4) is 0 Å². The van der Waals surface area contributed by atoms with E-state index in [0.717, 1.165) is 18.5 Å².